The van der Waals surface area contributed by atoms with Gasteiger partial charge in [-0.2, -0.15) is 13.2 Å². The van der Waals surface area contributed by atoms with E-state index in [1.54, 1.807) is 13.0 Å². The van der Waals surface area contributed by atoms with Crippen molar-refractivity contribution < 1.29 is 32.5 Å². The molecule has 0 unspecified atom stereocenters. The Balaban J connectivity index is 1.42. The number of hydrogen-bond acceptors (Lipinski definition) is 4. The molecule has 8 heteroatoms. The lowest BCUT2D eigenvalue weighted by atomic mass is 9.85. The second-order valence-corrected chi connectivity index (χ2v) is 8.83. The SMILES string of the molecule is CCOc1ccc(COc2ccc3c(c2)CCC(CN2CC(C(=O)O)C2)=C3C)cc1C(F)(F)F. The van der Waals surface area contributed by atoms with Gasteiger partial charge in [-0.05, 0) is 73.2 Å². The van der Waals surface area contributed by atoms with Gasteiger partial charge in [0, 0.05) is 19.6 Å². The molecule has 182 valence electrons. The molecule has 0 amide bonds. The Morgan fingerprint density at radius 2 is 1.88 bits per heavy atom. The molecule has 1 saturated heterocycles. The standard InChI is InChI=1S/C26H28F3NO4/c1-3-33-24-9-4-17(10-23(24)26(27,28)29)15-34-21-7-8-22-16(2)19(6-5-18(22)11-21)12-30-13-20(14-30)25(31)32/h4,7-11,20H,3,5-6,12-15H2,1-2H3,(H,31,32). The summed E-state index contributed by atoms with van der Waals surface area (Å²) in [6, 6.07) is 9.79. The second kappa shape index (κ2) is 9.70. The van der Waals surface area contributed by atoms with E-state index < -0.39 is 17.7 Å². The van der Waals surface area contributed by atoms with E-state index in [0.717, 1.165) is 36.6 Å². The number of rotatable bonds is 8. The summed E-state index contributed by atoms with van der Waals surface area (Å²) < 4.78 is 51.1. The predicted molar refractivity (Wildman–Crippen MR) is 122 cm³/mol. The van der Waals surface area contributed by atoms with Crippen LogP contribution in [0.1, 0.15) is 42.5 Å². The van der Waals surface area contributed by atoms with Crippen molar-refractivity contribution in [2.24, 2.45) is 5.92 Å². The molecule has 1 fully saturated rings. The molecule has 2 aromatic rings. The number of hydrogen-bond donors (Lipinski definition) is 1. The number of fused-ring (bicyclic) bond motifs is 1. The van der Waals surface area contributed by atoms with Crippen LogP contribution in [0.25, 0.3) is 5.57 Å². The van der Waals surface area contributed by atoms with Crippen LogP contribution in [0.4, 0.5) is 13.2 Å². The molecule has 1 aliphatic carbocycles. The van der Waals surface area contributed by atoms with E-state index in [2.05, 4.69) is 11.8 Å². The van der Waals surface area contributed by atoms with E-state index >= 15 is 0 Å². The van der Waals surface area contributed by atoms with Gasteiger partial charge in [0.2, 0.25) is 0 Å². The number of likely N-dealkylation sites (tertiary alicyclic amines) is 1. The molecular formula is C26H28F3NO4. The van der Waals surface area contributed by atoms with Gasteiger partial charge >= 0.3 is 12.1 Å². The fourth-order valence-corrected chi connectivity index (χ4v) is 4.56. The Labute approximate surface area is 196 Å². The molecule has 0 bridgehead atoms. The maximum atomic E-state index is 13.4. The summed E-state index contributed by atoms with van der Waals surface area (Å²) in [7, 11) is 0. The van der Waals surface area contributed by atoms with Crippen molar-refractivity contribution in [3.63, 3.8) is 0 Å². The lowest BCUT2D eigenvalue weighted by molar-refractivity contribution is -0.147. The number of allylic oxidation sites excluding steroid dienone is 1. The van der Waals surface area contributed by atoms with E-state index in [4.69, 9.17) is 14.6 Å². The van der Waals surface area contributed by atoms with E-state index in [9.17, 15) is 18.0 Å². The lowest BCUT2D eigenvalue weighted by Crippen LogP contribution is -2.50. The third-order valence-electron chi connectivity index (χ3n) is 6.48. The lowest BCUT2D eigenvalue weighted by Gasteiger charge is -2.38. The third-order valence-corrected chi connectivity index (χ3v) is 6.48. The van der Waals surface area contributed by atoms with Gasteiger partial charge < -0.3 is 14.6 Å². The Morgan fingerprint density at radius 1 is 1.12 bits per heavy atom. The largest absolute Gasteiger partial charge is 0.493 e. The fourth-order valence-electron chi connectivity index (χ4n) is 4.56. The minimum Gasteiger partial charge on any atom is -0.493 e. The minimum absolute atomic E-state index is 0.0219. The zero-order valence-electron chi connectivity index (χ0n) is 19.2. The number of carbonyl (C=O) groups is 1. The second-order valence-electron chi connectivity index (χ2n) is 8.83. The van der Waals surface area contributed by atoms with Gasteiger partial charge in [0.1, 0.15) is 18.1 Å². The zero-order chi connectivity index (χ0) is 24.5. The molecule has 0 spiro atoms. The first-order valence-electron chi connectivity index (χ1n) is 11.4. The molecule has 1 heterocycles. The number of ether oxygens (including phenoxy) is 2. The average Bonchev–Trinajstić information content (AvgIpc) is 2.75. The van der Waals surface area contributed by atoms with E-state index in [1.807, 2.05) is 18.2 Å². The summed E-state index contributed by atoms with van der Waals surface area (Å²) in [5.41, 5.74) is 4.43. The molecule has 0 radical (unpaired) electrons. The molecule has 0 aromatic heterocycles. The van der Waals surface area contributed by atoms with Gasteiger partial charge in [-0.3, -0.25) is 9.69 Å². The molecule has 2 aromatic carbocycles. The Kier molecular flexibility index (Phi) is 6.89. The zero-order valence-corrected chi connectivity index (χ0v) is 19.2. The number of benzene rings is 2. The number of carboxylic acids is 1. The van der Waals surface area contributed by atoms with Crippen molar-refractivity contribution in [1.82, 2.24) is 4.90 Å². The van der Waals surface area contributed by atoms with Crippen LogP contribution >= 0.6 is 0 Å². The van der Waals surface area contributed by atoms with Gasteiger partial charge in [0.25, 0.3) is 0 Å². The van der Waals surface area contributed by atoms with Gasteiger partial charge in [0.05, 0.1) is 18.1 Å². The number of aliphatic carboxylic acids is 1. The van der Waals surface area contributed by atoms with Crippen LogP contribution in [0.15, 0.2) is 42.0 Å². The van der Waals surface area contributed by atoms with Crippen molar-refractivity contribution >= 4 is 11.5 Å². The molecule has 0 saturated carbocycles. The first-order chi connectivity index (χ1) is 16.2. The highest BCUT2D eigenvalue weighted by Gasteiger charge is 2.35. The monoisotopic (exact) mass is 475 g/mol. The van der Waals surface area contributed by atoms with Crippen LogP contribution in [0.3, 0.4) is 0 Å². The van der Waals surface area contributed by atoms with E-state index in [-0.39, 0.29) is 24.9 Å². The Hall–Kier alpha value is -3.00. The molecule has 4 rings (SSSR count). The average molecular weight is 476 g/mol. The normalized spacial score (nSPS) is 16.7. The molecule has 0 atom stereocenters. The highest BCUT2D eigenvalue weighted by atomic mass is 19.4. The predicted octanol–water partition coefficient (Wildman–Crippen LogP) is 5.42. The summed E-state index contributed by atoms with van der Waals surface area (Å²) in [5.74, 6) is -0.561. The molecule has 1 aliphatic heterocycles. The summed E-state index contributed by atoms with van der Waals surface area (Å²) in [4.78, 5) is 13.2. The number of nitrogens with zero attached hydrogens (tertiary/aromatic N) is 1. The maximum Gasteiger partial charge on any atom is 0.419 e. The van der Waals surface area contributed by atoms with Gasteiger partial charge in [-0.1, -0.05) is 17.7 Å². The fraction of sp³-hybridized carbons (Fsp3) is 0.423. The van der Waals surface area contributed by atoms with Crippen LogP contribution in [0.2, 0.25) is 0 Å². The maximum absolute atomic E-state index is 13.4. The number of alkyl halides is 3. The van der Waals surface area contributed by atoms with Crippen molar-refractivity contribution in [1.29, 1.82) is 0 Å². The molecule has 1 N–H and O–H groups in total. The number of carboxylic acid groups (broad SMARTS) is 1. The number of halogens is 3. The van der Waals surface area contributed by atoms with Gasteiger partial charge in [-0.15, -0.1) is 0 Å². The Morgan fingerprint density at radius 3 is 2.56 bits per heavy atom. The third kappa shape index (κ3) is 5.22. The molecular weight excluding hydrogens is 447 g/mol. The molecule has 2 aliphatic rings. The highest BCUT2D eigenvalue weighted by Crippen LogP contribution is 2.38. The van der Waals surface area contributed by atoms with E-state index in [0.29, 0.717) is 24.4 Å². The van der Waals surface area contributed by atoms with Crippen molar-refractivity contribution in [2.75, 3.05) is 26.2 Å². The van der Waals surface area contributed by atoms with Gasteiger partial charge in [0.15, 0.2) is 0 Å². The number of aryl methyl sites for hydroxylation is 1. The molecule has 5 nitrogen and oxygen atoms in total. The van der Waals surface area contributed by atoms with E-state index in [1.165, 1.54) is 17.2 Å². The molecule has 34 heavy (non-hydrogen) atoms. The van der Waals surface area contributed by atoms with Crippen molar-refractivity contribution in [3.8, 4) is 11.5 Å². The van der Waals surface area contributed by atoms with Crippen molar-refractivity contribution in [2.45, 2.75) is 39.5 Å². The summed E-state index contributed by atoms with van der Waals surface area (Å²) in [5, 5.41) is 9.06. The first-order valence-corrected chi connectivity index (χ1v) is 11.4. The summed E-state index contributed by atoms with van der Waals surface area (Å²) in [6.07, 6.45) is -2.76. The highest BCUT2D eigenvalue weighted by molar-refractivity contribution is 5.73. The quantitative estimate of drug-likeness (QED) is 0.553. The first kappa shape index (κ1) is 24.1. The van der Waals surface area contributed by atoms with Crippen LogP contribution < -0.4 is 9.47 Å². The van der Waals surface area contributed by atoms with Crippen molar-refractivity contribution in [3.05, 3.63) is 64.2 Å². The Bertz CT molecular complexity index is 1100. The summed E-state index contributed by atoms with van der Waals surface area (Å²) in [6.45, 7) is 5.87. The van der Waals surface area contributed by atoms with Crippen LogP contribution in [-0.2, 0) is 24.0 Å². The van der Waals surface area contributed by atoms with Crippen LogP contribution in [0.5, 0.6) is 11.5 Å². The minimum atomic E-state index is -4.50. The van der Waals surface area contributed by atoms with Crippen LogP contribution in [-0.4, -0.2) is 42.2 Å². The van der Waals surface area contributed by atoms with Gasteiger partial charge in [-0.25, -0.2) is 0 Å². The topological polar surface area (TPSA) is 59.0 Å². The smallest absolute Gasteiger partial charge is 0.419 e. The summed E-state index contributed by atoms with van der Waals surface area (Å²) >= 11 is 0. The van der Waals surface area contributed by atoms with Crippen LogP contribution in [0, 0.1) is 5.92 Å².